The van der Waals surface area contributed by atoms with Crippen LogP contribution in [-0.2, 0) is 14.3 Å². The van der Waals surface area contributed by atoms with Crippen LogP contribution < -0.4 is 5.32 Å². The summed E-state index contributed by atoms with van der Waals surface area (Å²) < 4.78 is 4.94. The van der Waals surface area contributed by atoms with E-state index in [2.05, 4.69) is 5.32 Å². The fraction of sp³-hybridized carbons (Fsp3) is 0.818. The molecule has 1 amide bonds. The van der Waals surface area contributed by atoms with Crippen LogP contribution in [0, 0.1) is 0 Å². The van der Waals surface area contributed by atoms with Crippen molar-refractivity contribution in [1.29, 1.82) is 0 Å². The number of amides is 1. The van der Waals surface area contributed by atoms with Gasteiger partial charge in [0.25, 0.3) is 0 Å². The Hall–Kier alpha value is -1.10. The summed E-state index contributed by atoms with van der Waals surface area (Å²) >= 11 is 0. The topological polar surface area (TPSA) is 75.6 Å². The zero-order valence-electron chi connectivity index (χ0n) is 10.2. The van der Waals surface area contributed by atoms with Gasteiger partial charge in [0, 0.05) is 13.5 Å². The number of carbonyl (C=O) groups excluding carboxylic acids is 1. The van der Waals surface area contributed by atoms with Gasteiger partial charge in [0.2, 0.25) is 5.91 Å². The molecule has 1 atom stereocenters. The first kappa shape index (κ1) is 14.9. The molecule has 16 heavy (non-hydrogen) atoms. The summed E-state index contributed by atoms with van der Waals surface area (Å²) in [6.45, 7) is 3.87. The summed E-state index contributed by atoms with van der Waals surface area (Å²) in [5.74, 6) is -1.07. The number of unbranched alkanes of at least 4 members (excludes halogenated alkanes) is 1. The molecule has 0 saturated carbocycles. The van der Waals surface area contributed by atoms with Gasteiger partial charge in [-0.2, -0.15) is 0 Å². The molecule has 0 aromatic rings. The summed E-state index contributed by atoms with van der Waals surface area (Å²) in [5.41, 5.74) is -0.828. The van der Waals surface area contributed by atoms with E-state index in [1.165, 1.54) is 7.11 Å². The lowest BCUT2D eigenvalue weighted by atomic mass is 9.98. The van der Waals surface area contributed by atoms with Crippen LogP contribution in [0.1, 0.15) is 39.5 Å². The Labute approximate surface area is 96.2 Å². The highest BCUT2D eigenvalue weighted by Crippen LogP contribution is 2.11. The monoisotopic (exact) mass is 231 g/mol. The summed E-state index contributed by atoms with van der Waals surface area (Å²) in [4.78, 5) is 22.2. The molecule has 2 N–H and O–H groups in total. The van der Waals surface area contributed by atoms with Gasteiger partial charge in [-0.1, -0.05) is 13.3 Å². The van der Waals surface area contributed by atoms with Gasteiger partial charge in [-0.3, -0.25) is 9.59 Å². The van der Waals surface area contributed by atoms with Crippen molar-refractivity contribution in [3.05, 3.63) is 0 Å². The number of carboxylic acids is 1. The lowest BCUT2D eigenvalue weighted by Crippen LogP contribution is -2.50. The van der Waals surface area contributed by atoms with E-state index in [0.717, 1.165) is 12.8 Å². The average molecular weight is 231 g/mol. The van der Waals surface area contributed by atoms with Gasteiger partial charge in [-0.05, 0) is 13.3 Å². The second-order valence-electron chi connectivity index (χ2n) is 4.22. The molecule has 0 aliphatic rings. The number of hydrogen-bond acceptors (Lipinski definition) is 3. The number of carboxylic acid groups (broad SMARTS) is 1. The fourth-order valence-corrected chi connectivity index (χ4v) is 1.52. The number of rotatable bonds is 8. The Morgan fingerprint density at radius 1 is 1.44 bits per heavy atom. The third-order valence-electron chi connectivity index (χ3n) is 2.20. The Kier molecular flexibility index (Phi) is 6.72. The molecule has 0 aliphatic carbocycles. The van der Waals surface area contributed by atoms with E-state index < -0.39 is 11.5 Å². The van der Waals surface area contributed by atoms with Crippen LogP contribution in [0.5, 0.6) is 0 Å². The van der Waals surface area contributed by atoms with Crippen LogP contribution in [0.25, 0.3) is 0 Å². The number of hydrogen-bond donors (Lipinski definition) is 2. The van der Waals surface area contributed by atoms with Gasteiger partial charge in [-0.15, -0.1) is 0 Å². The molecule has 0 aliphatic heterocycles. The van der Waals surface area contributed by atoms with E-state index >= 15 is 0 Å². The largest absolute Gasteiger partial charge is 0.481 e. The maximum atomic E-state index is 11.5. The highest BCUT2D eigenvalue weighted by atomic mass is 16.5. The van der Waals surface area contributed by atoms with E-state index in [1.54, 1.807) is 6.92 Å². The van der Waals surface area contributed by atoms with Crippen molar-refractivity contribution in [2.24, 2.45) is 0 Å². The molecular formula is C11H21NO4. The molecule has 5 heteroatoms. The van der Waals surface area contributed by atoms with Crippen LogP contribution >= 0.6 is 0 Å². The van der Waals surface area contributed by atoms with Crippen molar-refractivity contribution in [3.8, 4) is 0 Å². The van der Waals surface area contributed by atoms with Crippen LogP contribution in [0.2, 0.25) is 0 Å². The summed E-state index contributed by atoms with van der Waals surface area (Å²) in [7, 11) is 1.48. The van der Waals surface area contributed by atoms with Crippen molar-refractivity contribution < 1.29 is 19.4 Å². The number of nitrogens with one attached hydrogen (secondary N) is 1. The second kappa shape index (κ2) is 7.22. The van der Waals surface area contributed by atoms with Crippen LogP contribution in [-0.4, -0.2) is 36.2 Å². The van der Waals surface area contributed by atoms with Crippen molar-refractivity contribution in [2.75, 3.05) is 13.7 Å². The average Bonchev–Trinajstić information content (AvgIpc) is 2.13. The quantitative estimate of drug-likeness (QED) is 0.657. The van der Waals surface area contributed by atoms with Crippen molar-refractivity contribution in [3.63, 3.8) is 0 Å². The molecule has 0 fully saturated rings. The second-order valence-corrected chi connectivity index (χ2v) is 4.22. The first-order chi connectivity index (χ1) is 7.43. The Bertz CT molecular complexity index is 242. The third-order valence-corrected chi connectivity index (χ3v) is 2.20. The van der Waals surface area contributed by atoms with E-state index in [1.807, 2.05) is 6.92 Å². The lowest BCUT2D eigenvalue weighted by molar-refractivity contribution is -0.139. The summed E-state index contributed by atoms with van der Waals surface area (Å²) in [6.07, 6.45) is 2.03. The molecule has 5 nitrogen and oxygen atoms in total. The van der Waals surface area contributed by atoms with Gasteiger partial charge in [0.15, 0.2) is 0 Å². The molecule has 0 heterocycles. The maximum absolute atomic E-state index is 11.5. The Balaban J connectivity index is 4.30. The minimum absolute atomic E-state index is 0.123. The van der Waals surface area contributed by atoms with Gasteiger partial charge < -0.3 is 15.2 Å². The van der Waals surface area contributed by atoms with Crippen LogP contribution in [0.15, 0.2) is 0 Å². The number of methoxy groups -OCH3 is 1. The molecule has 1 unspecified atom stereocenters. The SMILES string of the molecule is CCCCC(=O)NC(C)(COC)CC(=O)O. The fourth-order valence-electron chi connectivity index (χ4n) is 1.52. The molecule has 0 aromatic heterocycles. The molecular weight excluding hydrogens is 210 g/mol. The number of ether oxygens (including phenoxy) is 1. The van der Waals surface area contributed by atoms with E-state index in [0.29, 0.717) is 6.42 Å². The van der Waals surface area contributed by atoms with Gasteiger partial charge in [0.05, 0.1) is 18.6 Å². The summed E-state index contributed by atoms with van der Waals surface area (Å²) in [6, 6.07) is 0. The lowest BCUT2D eigenvalue weighted by Gasteiger charge is -2.28. The van der Waals surface area contributed by atoms with Crippen molar-refractivity contribution >= 4 is 11.9 Å². The van der Waals surface area contributed by atoms with Gasteiger partial charge in [0.1, 0.15) is 0 Å². The number of carbonyl (C=O) groups is 2. The van der Waals surface area contributed by atoms with E-state index in [4.69, 9.17) is 9.84 Å². The third kappa shape index (κ3) is 6.40. The molecule has 0 aromatic carbocycles. The first-order valence-electron chi connectivity index (χ1n) is 5.45. The van der Waals surface area contributed by atoms with Crippen molar-refractivity contribution in [2.45, 2.75) is 45.1 Å². The molecule has 0 bridgehead atoms. The normalized spacial score (nSPS) is 14.2. The van der Waals surface area contributed by atoms with E-state index in [9.17, 15) is 9.59 Å². The molecule has 94 valence electrons. The van der Waals surface area contributed by atoms with Gasteiger partial charge >= 0.3 is 5.97 Å². The standard InChI is InChI=1S/C11H21NO4/c1-4-5-6-9(13)12-11(2,8-16-3)7-10(14)15/h4-8H2,1-3H3,(H,12,13)(H,14,15). The molecule has 0 radical (unpaired) electrons. The molecule has 0 rings (SSSR count). The highest BCUT2D eigenvalue weighted by Gasteiger charge is 2.29. The number of aliphatic carboxylic acids is 1. The van der Waals surface area contributed by atoms with E-state index in [-0.39, 0.29) is 18.9 Å². The maximum Gasteiger partial charge on any atom is 0.305 e. The predicted octanol–water partition coefficient (Wildman–Crippen LogP) is 1.17. The minimum Gasteiger partial charge on any atom is -0.481 e. The Morgan fingerprint density at radius 3 is 2.50 bits per heavy atom. The zero-order chi connectivity index (χ0) is 12.6. The minimum atomic E-state index is -0.949. The van der Waals surface area contributed by atoms with Crippen LogP contribution in [0.3, 0.4) is 0 Å². The van der Waals surface area contributed by atoms with Gasteiger partial charge in [-0.25, -0.2) is 0 Å². The predicted molar refractivity (Wildman–Crippen MR) is 60.2 cm³/mol. The molecule has 0 spiro atoms. The smallest absolute Gasteiger partial charge is 0.305 e. The van der Waals surface area contributed by atoms with Crippen molar-refractivity contribution in [1.82, 2.24) is 5.32 Å². The molecule has 0 saturated heterocycles. The first-order valence-corrected chi connectivity index (χ1v) is 5.45. The Morgan fingerprint density at radius 2 is 2.06 bits per heavy atom. The summed E-state index contributed by atoms with van der Waals surface area (Å²) in [5, 5.41) is 11.5. The van der Waals surface area contributed by atoms with Crippen LogP contribution in [0.4, 0.5) is 0 Å². The zero-order valence-corrected chi connectivity index (χ0v) is 10.2. The highest BCUT2D eigenvalue weighted by molar-refractivity contribution is 5.78.